The second-order valence-corrected chi connectivity index (χ2v) is 8.48. The lowest BCUT2D eigenvalue weighted by atomic mass is 9.99. The number of benzene rings is 1. The number of nitrogens with zero attached hydrogens (tertiary/aromatic N) is 1. The molecule has 0 radical (unpaired) electrons. The van der Waals surface area contributed by atoms with Gasteiger partial charge >= 0.3 is 0 Å². The van der Waals surface area contributed by atoms with Gasteiger partial charge in [-0.15, -0.1) is 0 Å². The Labute approximate surface area is 153 Å². The molecule has 0 aromatic heterocycles. The third-order valence-electron chi connectivity index (χ3n) is 4.38. The topological polar surface area (TPSA) is 70.6 Å². The van der Waals surface area contributed by atoms with Crippen molar-refractivity contribution in [1.82, 2.24) is 10.6 Å². The van der Waals surface area contributed by atoms with Crippen LogP contribution in [0.1, 0.15) is 45.1 Å². The van der Waals surface area contributed by atoms with E-state index in [1.807, 2.05) is 12.1 Å². The largest absolute Gasteiger partial charge is 0.356 e. The summed E-state index contributed by atoms with van der Waals surface area (Å²) < 4.78 is 22.9. The zero-order valence-electron chi connectivity index (χ0n) is 16.0. The third-order valence-corrected chi connectivity index (χ3v) is 5.51. The van der Waals surface area contributed by atoms with Gasteiger partial charge in [0.05, 0.1) is 4.90 Å². The summed E-state index contributed by atoms with van der Waals surface area (Å²) in [5.41, 5.74) is 1.10. The lowest BCUT2D eigenvalue weighted by molar-refractivity contribution is 0.444. The fourth-order valence-corrected chi connectivity index (χ4v) is 3.26. The number of guanidine groups is 1. The van der Waals surface area contributed by atoms with E-state index in [1.54, 1.807) is 19.2 Å². The van der Waals surface area contributed by atoms with Crippen molar-refractivity contribution in [2.45, 2.75) is 50.8 Å². The SMILES string of the molecule is CCCCC(CC)CNC(=NC)NCCc1ccc(S(C)(=O)=O)cc1. The number of rotatable bonds is 10. The Morgan fingerprint density at radius 1 is 1.16 bits per heavy atom. The third kappa shape index (κ3) is 8.38. The number of aliphatic imine (C=N–C) groups is 1. The minimum atomic E-state index is -3.13. The molecule has 1 aromatic carbocycles. The molecule has 0 heterocycles. The van der Waals surface area contributed by atoms with E-state index in [4.69, 9.17) is 0 Å². The van der Waals surface area contributed by atoms with Crippen molar-refractivity contribution in [3.8, 4) is 0 Å². The summed E-state index contributed by atoms with van der Waals surface area (Å²) in [4.78, 5) is 4.63. The highest BCUT2D eigenvalue weighted by atomic mass is 32.2. The number of hydrogen-bond donors (Lipinski definition) is 2. The summed E-state index contributed by atoms with van der Waals surface area (Å²) in [6.45, 7) is 6.16. The number of hydrogen-bond acceptors (Lipinski definition) is 3. The van der Waals surface area contributed by atoms with Crippen molar-refractivity contribution in [1.29, 1.82) is 0 Å². The highest BCUT2D eigenvalue weighted by Crippen LogP contribution is 2.11. The summed E-state index contributed by atoms with van der Waals surface area (Å²) in [7, 11) is -1.35. The molecule has 142 valence electrons. The second-order valence-electron chi connectivity index (χ2n) is 6.46. The Morgan fingerprint density at radius 2 is 1.84 bits per heavy atom. The van der Waals surface area contributed by atoms with Crippen LogP contribution in [0.25, 0.3) is 0 Å². The van der Waals surface area contributed by atoms with Crippen LogP contribution >= 0.6 is 0 Å². The normalized spacial score (nSPS) is 13.5. The molecule has 0 aliphatic heterocycles. The van der Waals surface area contributed by atoms with Gasteiger partial charge in [0.2, 0.25) is 0 Å². The molecular weight excluding hydrogens is 334 g/mol. The molecule has 2 N–H and O–H groups in total. The molecular formula is C19H33N3O2S. The maximum atomic E-state index is 11.5. The number of unbranched alkanes of at least 4 members (excludes halogenated alkanes) is 1. The van der Waals surface area contributed by atoms with Crippen molar-refractivity contribution in [2.75, 3.05) is 26.4 Å². The van der Waals surface area contributed by atoms with E-state index < -0.39 is 9.84 Å². The standard InChI is InChI=1S/C19H33N3O2S/c1-5-7-8-16(6-2)15-22-19(20-3)21-14-13-17-9-11-18(12-10-17)25(4,23)24/h9-12,16H,5-8,13-15H2,1-4H3,(H2,20,21,22). The fourth-order valence-electron chi connectivity index (χ4n) is 2.63. The first kappa shape index (κ1) is 21.5. The molecule has 1 rings (SSSR count). The van der Waals surface area contributed by atoms with Gasteiger partial charge in [0.25, 0.3) is 0 Å². The molecule has 0 saturated heterocycles. The highest BCUT2D eigenvalue weighted by Gasteiger charge is 2.08. The van der Waals surface area contributed by atoms with Crippen LogP contribution in [0, 0.1) is 5.92 Å². The summed E-state index contributed by atoms with van der Waals surface area (Å²) in [5, 5.41) is 6.72. The van der Waals surface area contributed by atoms with E-state index in [1.165, 1.54) is 31.9 Å². The average molecular weight is 368 g/mol. The predicted octanol–water partition coefficient (Wildman–Crippen LogP) is 3.01. The van der Waals surface area contributed by atoms with Gasteiger partial charge in [-0.05, 0) is 36.5 Å². The minimum Gasteiger partial charge on any atom is -0.356 e. The minimum absolute atomic E-state index is 0.361. The van der Waals surface area contributed by atoms with Gasteiger partial charge in [-0.2, -0.15) is 0 Å². The van der Waals surface area contributed by atoms with Crippen LogP contribution in [0.4, 0.5) is 0 Å². The highest BCUT2D eigenvalue weighted by molar-refractivity contribution is 7.90. The molecule has 0 aliphatic carbocycles. The summed E-state index contributed by atoms with van der Waals surface area (Å²) in [6.07, 6.45) is 6.98. The number of sulfone groups is 1. The molecule has 0 spiro atoms. The van der Waals surface area contributed by atoms with Crippen molar-refractivity contribution in [2.24, 2.45) is 10.9 Å². The molecule has 0 fully saturated rings. The first-order valence-electron chi connectivity index (χ1n) is 9.14. The Balaban J connectivity index is 2.40. The van der Waals surface area contributed by atoms with Crippen LogP contribution in [0.3, 0.4) is 0 Å². The summed E-state index contributed by atoms with van der Waals surface area (Å²) >= 11 is 0. The van der Waals surface area contributed by atoms with Gasteiger partial charge in [0, 0.05) is 26.4 Å². The lowest BCUT2D eigenvalue weighted by Crippen LogP contribution is -2.40. The molecule has 1 atom stereocenters. The quantitative estimate of drug-likeness (QED) is 0.493. The summed E-state index contributed by atoms with van der Waals surface area (Å²) in [5.74, 6) is 1.50. The Kier molecular flexibility index (Phi) is 9.57. The van der Waals surface area contributed by atoms with Crippen molar-refractivity contribution in [3.63, 3.8) is 0 Å². The van der Waals surface area contributed by atoms with Gasteiger partial charge in [-0.25, -0.2) is 8.42 Å². The molecule has 1 unspecified atom stereocenters. The predicted molar refractivity (Wildman–Crippen MR) is 106 cm³/mol. The smallest absolute Gasteiger partial charge is 0.190 e. The van der Waals surface area contributed by atoms with Gasteiger partial charge in [0.15, 0.2) is 15.8 Å². The molecule has 1 aromatic rings. The van der Waals surface area contributed by atoms with Crippen molar-refractivity contribution in [3.05, 3.63) is 29.8 Å². The molecule has 25 heavy (non-hydrogen) atoms. The zero-order valence-corrected chi connectivity index (χ0v) is 16.8. The molecule has 0 aliphatic rings. The Morgan fingerprint density at radius 3 is 2.36 bits per heavy atom. The maximum absolute atomic E-state index is 11.5. The molecule has 0 bridgehead atoms. The van der Waals surface area contributed by atoms with Crippen LogP contribution in [0.5, 0.6) is 0 Å². The number of nitrogens with one attached hydrogen (secondary N) is 2. The Hall–Kier alpha value is -1.56. The molecule has 6 heteroatoms. The monoisotopic (exact) mass is 367 g/mol. The van der Waals surface area contributed by atoms with E-state index >= 15 is 0 Å². The van der Waals surface area contributed by atoms with Crippen LogP contribution in [0.2, 0.25) is 0 Å². The van der Waals surface area contributed by atoms with Crippen LogP contribution in [0.15, 0.2) is 34.2 Å². The lowest BCUT2D eigenvalue weighted by Gasteiger charge is -2.18. The van der Waals surface area contributed by atoms with Crippen LogP contribution in [-0.4, -0.2) is 40.8 Å². The van der Waals surface area contributed by atoms with Crippen LogP contribution < -0.4 is 10.6 Å². The van der Waals surface area contributed by atoms with E-state index in [-0.39, 0.29) is 0 Å². The summed E-state index contributed by atoms with van der Waals surface area (Å²) in [6, 6.07) is 7.06. The van der Waals surface area contributed by atoms with Crippen LogP contribution in [-0.2, 0) is 16.3 Å². The van der Waals surface area contributed by atoms with Crippen molar-refractivity contribution >= 4 is 15.8 Å². The van der Waals surface area contributed by atoms with Gasteiger partial charge in [-0.1, -0.05) is 45.2 Å². The van der Waals surface area contributed by atoms with E-state index in [9.17, 15) is 8.42 Å². The first-order chi connectivity index (χ1) is 11.9. The second kappa shape index (κ2) is 11.1. The average Bonchev–Trinajstić information content (AvgIpc) is 2.59. The molecule has 5 nitrogen and oxygen atoms in total. The zero-order chi connectivity index (χ0) is 18.7. The Bertz CT molecular complexity index is 625. The van der Waals surface area contributed by atoms with Gasteiger partial charge in [-0.3, -0.25) is 4.99 Å². The van der Waals surface area contributed by atoms with E-state index in [2.05, 4.69) is 29.5 Å². The van der Waals surface area contributed by atoms with E-state index in [0.717, 1.165) is 31.0 Å². The maximum Gasteiger partial charge on any atom is 0.190 e. The van der Waals surface area contributed by atoms with E-state index in [0.29, 0.717) is 10.8 Å². The first-order valence-corrected chi connectivity index (χ1v) is 11.0. The van der Waals surface area contributed by atoms with Gasteiger partial charge in [0.1, 0.15) is 0 Å². The van der Waals surface area contributed by atoms with Gasteiger partial charge < -0.3 is 10.6 Å². The molecule has 0 amide bonds. The van der Waals surface area contributed by atoms with Crippen molar-refractivity contribution < 1.29 is 8.42 Å². The molecule has 0 saturated carbocycles. The fraction of sp³-hybridized carbons (Fsp3) is 0.632.